The molecule has 0 aliphatic heterocycles. The van der Waals surface area contributed by atoms with E-state index in [9.17, 15) is 9.59 Å². The summed E-state index contributed by atoms with van der Waals surface area (Å²) >= 11 is 0. The molecule has 2 N–H and O–H groups in total. The molecule has 0 heterocycles. The highest BCUT2D eigenvalue weighted by molar-refractivity contribution is 5.77. The molecule has 1 fully saturated rings. The normalized spacial score (nSPS) is 24.6. The summed E-state index contributed by atoms with van der Waals surface area (Å²) in [6.07, 6.45) is 3.51. The van der Waals surface area contributed by atoms with Crippen LogP contribution >= 0.6 is 0 Å². The Morgan fingerprint density at radius 2 is 2.05 bits per heavy atom. The average Bonchev–Trinajstić information content (AvgIpc) is 2.38. The molecule has 6 nitrogen and oxygen atoms in total. The number of nitrogens with zero attached hydrogens (tertiary/aromatic N) is 1. The number of carboxylic acid groups (broad SMARTS) is 1. The molecule has 0 saturated heterocycles. The number of ether oxygens (including phenoxy) is 1. The fourth-order valence-corrected chi connectivity index (χ4v) is 2.60. The van der Waals surface area contributed by atoms with E-state index in [0.717, 1.165) is 19.3 Å². The summed E-state index contributed by atoms with van der Waals surface area (Å²) in [4.78, 5) is 24.5. The predicted molar refractivity (Wildman–Crippen MR) is 71.0 cm³/mol. The van der Waals surface area contributed by atoms with Crippen LogP contribution in [0.4, 0.5) is 4.79 Å². The third-order valence-electron chi connectivity index (χ3n) is 3.88. The maximum atomic E-state index is 12.0. The fraction of sp³-hybridized carbons (Fsp3) is 0.846. The molecule has 1 rings (SSSR count). The van der Waals surface area contributed by atoms with Gasteiger partial charge in [0.05, 0.1) is 6.54 Å². The van der Waals surface area contributed by atoms with Gasteiger partial charge in [0.2, 0.25) is 0 Å². The first-order chi connectivity index (χ1) is 8.97. The van der Waals surface area contributed by atoms with Crippen molar-refractivity contribution in [2.45, 2.75) is 44.8 Å². The smallest absolute Gasteiger partial charge is 0.334 e. The van der Waals surface area contributed by atoms with E-state index < -0.39 is 12.1 Å². The van der Waals surface area contributed by atoms with Crippen molar-refractivity contribution in [3.05, 3.63) is 0 Å². The molecular weight excluding hydrogens is 248 g/mol. The first-order valence-corrected chi connectivity index (χ1v) is 6.73. The predicted octanol–water partition coefficient (Wildman–Crippen LogP) is 1.31. The molecule has 0 spiro atoms. The highest BCUT2D eigenvalue weighted by Crippen LogP contribution is 2.27. The Morgan fingerprint density at radius 1 is 1.42 bits per heavy atom. The van der Waals surface area contributed by atoms with Gasteiger partial charge >= 0.3 is 12.0 Å². The van der Waals surface area contributed by atoms with Crippen molar-refractivity contribution in [1.29, 1.82) is 0 Å². The third kappa shape index (κ3) is 4.38. The average molecular weight is 272 g/mol. The Labute approximate surface area is 114 Å². The Bertz CT molecular complexity index is 322. The van der Waals surface area contributed by atoms with Crippen LogP contribution in [-0.4, -0.2) is 54.9 Å². The highest BCUT2D eigenvalue weighted by atomic mass is 16.5. The van der Waals surface area contributed by atoms with Crippen LogP contribution in [0.2, 0.25) is 0 Å². The summed E-state index contributed by atoms with van der Waals surface area (Å²) in [6, 6.07) is 0.00150. The maximum Gasteiger partial charge on any atom is 0.334 e. The minimum atomic E-state index is -1.07. The number of aliphatic carboxylic acids is 1. The molecular formula is C13H24N2O4. The molecule has 110 valence electrons. The van der Waals surface area contributed by atoms with E-state index in [2.05, 4.69) is 12.2 Å². The molecule has 19 heavy (non-hydrogen) atoms. The summed E-state index contributed by atoms with van der Waals surface area (Å²) in [6.45, 7) is 2.14. The van der Waals surface area contributed by atoms with E-state index in [1.165, 1.54) is 13.5 Å². The largest absolute Gasteiger partial charge is 0.479 e. The second-order valence-electron chi connectivity index (χ2n) is 5.19. The van der Waals surface area contributed by atoms with E-state index in [4.69, 9.17) is 9.84 Å². The molecule has 0 aromatic rings. The Balaban J connectivity index is 2.45. The second-order valence-corrected chi connectivity index (χ2v) is 5.19. The van der Waals surface area contributed by atoms with Crippen LogP contribution in [0.3, 0.4) is 0 Å². The summed E-state index contributed by atoms with van der Waals surface area (Å²) in [5.74, 6) is -0.585. The molecule has 1 saturated carbocycles. The summed E-state index contributed by atoms with van der Waals surface area (Å²) < 4.78 is 4.78. The number of carbonyl (C=O) groups excluding carboxylic acids is 1. The van der Waals surface area contributed by atoms with Crippen LogP contribution in [0.5, 0.6) is 0 Å². The van der Waals surface area contributed by atoms with Gasteiger partial charge in [-0.3, -0.25) is 0 Å². The van der Waals surface area contributed by atoms with E-state index in [1.807, 2.05) is 0 Å². The van der Waals surface area contributed by atoms with Crippen molar-refractivity contribution in [2.75, 3.05) is 20.7 Å². The molecule has 1 aliphatic rings. The van der Waals surface area contributed by atoms with Gasteiger partial charge in [0, 0.05) is 20.2 Å². The van der Waals surface area contributed by atoms with E-state index in [-0.39, 0.29) is 18.6 Å². The highest BCUT2D eigenvalue weighted by Gasteiger charge is 2.28. The maximum absolute atomic E-state index is 12.0. The molecule has 0 aromatic carbocycles. The Morgan fingerprint density at radius 3 is 2.58 bits per heavy atom. The molecule has 3 unspecified atom stereocenters. The molecule has 6 heteroatoms. The second kappa shape index (κ2) is 7.33. The zero-order valence-corrected chi connectivity index (χ0v) is 11.9. The number of amides is 2. The standard InChI is InChI=1S/C13H24N2O4/c1-9-6-4-5-7-10(9)15(2)13(18)14-8-11(19-3)12(16)17/h9-11H,4-8H2,1-3H3,(H,14,18)(H,16,17). The molecule has 3 atom stereocenters. The van der Waals surface area contributed by atoms with Crippen molar-refractivity contribution < 1.29 is 19.4 Å². The van der Waals surface area contributed by atoms with Crippen molar-refractivity contribution in [3.8, 4) is 0 Å². The lowest BCUT2D eigenvalue weighted by atomic mass is 9.85. The zero-order chi connectivity index (χ0) is 14.4. The summed E-state index contributed by atoms with van der Waals surface area (Å²) in [5, 5.41) is 11.4. The van der Waals surface area contributed by atoms with E-state index in [1.54, 1.807) is 11.9 Å². The van der Waals surface area contributed by atoms with Gasteiger partial charge in [-0.15, -0.1) is 0 Å². The van der Waals surface area contributed by atoms with Gasteiger partial charge in [-0.05, 0) is 18.8 Å². The number of carbonyl (C=O) groups is 2. The monoisotopic (exact) mass is 272 g/mol. The number of carboxylic acids is 1. The molecule has 0 bridgehead atoms. The van der Waals surface area contributed by atoms with Crippen LogP contribution in [0.25, 0.3) is 0 Å². The quantitative estimate of drug-likeness (QED) is 0.791. The van der Waals surface area contributed by atoms with Crippen molar-refractivity contribution in [3.63, 3.8) is 0 Å². The van der Waals surface area contributed by atoms with Gasteiger partial charge in [0.15, 0.2) is 6.10 Å². The Hall–Kier alpha value is -1.30. The summed E-state index contributed by atoms with van der Waals surface area (Å²) in [7, 11) is 3.09. The number of hydrogen-bond acceptors (Lipinski definition) is 3. The van der Waals surface area contributed by atoms with Crippen LogP contribution in [0, 0.1) is 5.92 Å². The van der Waals surface area contributed by atoms with Gasteiger partial charge in [-0.1, -0.05) is 19.8 Å². The first-order valence-electron chi connectivity index (χ1n) is 6.73. The lowest BCUT2D eigenvalue weighted by Crippen LogP contribution is -2.49. The molecule has 1 aliphatic carbocycles. The topological polar surface area (TPSA) is 78.9 Å². The van der Waals surface area contributed by atoms with Crippen LogP contribution < -0.4 is 5.32 Å². The zero-order valence-electron chi connectivity index (χ0n) is 11.9. The van der Waals surface area contributed by atoms with Gasteiger partial charge in [0.25, 0.3) is 0 Å². The number of hydrogen-bond donors (Lipinski definition) is 2. The van der Waals surface area contributed by atoms with Gasteiger partial charge in [0.1, 0.15) is 0 Å². The fourth-order valence-electron chi connectivity index (χ4n) is 2.60. The van der Waals surface area contributed by atoms with Gasteiger partial charge in [-0.2, -0.15) is 0 Å². The lowest BCUT2D eigenvalue weighted by Gasteiger charge is -2.36. The minimum absolute atomic E-state index is 0.0178. The van der Waals surface area contributed by atoms with Gasteiger partial charge in [-0.25, -0.2) is 9.59 Å². The lowest BCUT2D eigenvalue weighted by molar-refractivity contribution is -0.148. The van der Waals surface area contributed by atoms with Gasteiger partial charge < -0.3 is 20.1 Å². The molecule has 0 aromatic heterocycles. The number of methoxy groups -OCH3 is 1. The molecule has 2 amide bonds. The number of nitrogens with one attached hydrogen (secondary N) is 1. The first kappa shape index (κ1) is 15.8. The van der Waals surface area contributed by atoms with Crippen LogP contribution in [-0.2, 0) is 9.53 Å². The minimum Gasteiger partial charge on any atom is -0.479 e. The van der Waals surface area contributed by atoms with Crippen LogP contribution in [0.15, 0.2) is 0 Å². The number of urea groups is 1. The third-order valence-corrected chi connectivity index (χ3v) is 3.88. The van der Waals surface area contributed by atoms with E-state index in [0.29, 0.717) is 5.92 Å². The van der Waals surface area contributed by atoms with E-state index >= 15 is 0 Å². The number of rotatable bonds is 5. The molecule has 0 radical (unpaired) electrons. The van der Waals surface area contributed by atoms with Crippen LogP contribution in [0.1, 0.15) is 32.6 Å². The van der Waals surface area contributed by atoms with Crippen molar-refractivity contribution in [1.82, 2.24) is 10.2 Å². The van der Waals surface area contributed by atoms with Crippen molar-refractivity contribution >= 4 is 12.0 Å². The summed E-state index contributed by atoms with van der Waals surface area (Å²) in [5.41, 5.74) is 0. The van der Waals surface area contributed by atoms with Crippen molar-refractivity contribution in [2.24, 2.45) is 5.92 Å². The SMILES string of the molecule is COC(CNC(=O)N(C)C1CCCCC1C)C(=O)O. The Kier molecular flexibility index (Phi) is 6.08.